The van der Waals surface area contributed by atoms with Crippen molar-refractivity contribution in [3.8, 4) is 5.75 Å². The van der Waals surface area contributed by atoms with Gasteiger partial charge >= 0.3 is 0 Å². The molecule has 1 heterocycles. The van der Waals surface area contributed by atoms with Crippen LogP contribution in [0.5, 0.6) is 5.75 Å². The minimum Gasteiger partial charge on any atom is -0.508 e. The van der Waals surface area contributed by atoms with Crippen LogP contribution >= 0.6 is 0 Å². The van der Waals surface area contributed by atoms with Gasteiger partial charge in [-0.2, -0.15) is 0 Å². The Labute approximate surface area is 129 Å². The summed E-state index contributed by atoms with van der Waals surface area (Å²) in [6, 6.07) is 9.27. The molecule has 3 rings (SSSR count). The van der Waals surface area contributed by atoms with E-state index in [1.54, 1.807) is 12.1 Å². The molecule has 1 aromatic carbocycles. The van der Waals surface area contributed by atoms with E-state index in [1.807, 2.05) is 0 Å². The minimum absolute atomic E-state index is 0.368. The van der Waals surface area contributed by atoms with Crippen LogP contribution in [-0.2, 0) is 6.42 Å². The summed E-state index contributed by atoms with van der Waals surface area (Å²) in [6.07, 6.45) is 11.0. The molecule has 2 heteroatoms. The highest BCUT2D eigenvalue weighted by Gasteiger charge is 2.35. The smallest absolute Gasteiger partial charge is 0.115 e. The quantitative estimate of drug-likeness (QED) is 0.869. The topological polar surface area (TPSA) is 23.5 Å². The van der Waals surface area contributed by atoms with E-state index in [0.29, 0.717) is 11.8 Å². The van der Waals surface area contributed by atoms with Gasteiger partial charge in [0.2, 0.25) is 0 Å². The highest BCUT2D eigenvalue weighted by atomic mass is 16.3. The Hall–Kier alpha value is -1.02. The van der Waals surface area contributed by atoms with Gasteiger partial charge < -0.3 is 5.11 Å². The summed E-state index contributed by atoms with van der Waals surface area (Å²) in [5.41, 5.74) is 1.34. The van der Waals surface area contributed by atoms with Gasteiger partial charge in [-0.05, 0) is 75.6 Å². The third kappa shape index (κ3) is 3.60. The molecule has 1 N–H and O–H groups in total. The third-order valence-electron chi connectivity index (χ3n) is 5.64. The molecule has 1 saturated heterocycles. The number of hydrogen-bond donors (Lipinski definition) is 1. The maximum Gasteiger partial charge on any atom is 0.115 e. The normalized spacial score (nSPS) is 25.5. The molecule has 21 heavy (non-hydrogen) atoms. The van der Waals surface area contributed by atoms with Crippen LogP contribution in [0.25, 0.3) is 0 Å². The van der Waals surface area contributed by atoms with Crippen LogP contribution in [0.15, 0.2) is 24.3 Å². The Balaban J connectivity index is 1.54. The van der Waals surface area contributed by atoms with Crippen molar-refractivity contribution in [1.82, 2.24) is 4.90 Å². The Bertz CT molecular complexity index is 435. The number of aromatic hydroxyl groups is 1. The van der Waals surface area contributed by atoms with E-state index in [-0.39, 0.29) is 0 Å². The van der Waals surface area contributed by atoms with Gasteiger partial charge in [0.25, 0.3) is 0 Å². The number of phenols is 1. The van der Waals surface area contributed by atoms with Crippen molar-refractivity contribution in [2.45, 2.75) is 70.4 Å². The average Bonchev–Trinajstić information content (AvgIpc) is 3.16. The highest BCUT2D eigenvalue weighted by Crippen LogP contribution is 2.36. The number of hydrogen-bond acceptors (Lipinski definition) is 2. The lowest BCUT2D eigenvalue weighted by atomic mass is 9.94. The number of likely N-dealkylation sites (tertiary alicyclic amines) is 1. The number of rotatable bonds is 5. The Morgan fingerprint density at radius 3 is 2.52 bits per heavy atom. The Morgan fingerprint density at radius 1 is 1.10 bits per heavy atom. The zero-order valence-electron chi connectivity index (χ0n) is 13.3. The first-order valence-electron chi connectivity index (χ1n) is 8.77. The van der Waals surface area contributed by atoms with Gasteiger partial charge in [-0.25, -0.2) is 0 Å². The lowest BCUT2D eigenvalue weighted by Crippen LogP contribution is -2.41. The summed E-state index contributed by atoms with van der Waals surface area (Å²) >= 11 is 0. The van der Waals surface area contributed by atoms with Crippen LogP contribution in [0.4, 0.5) is 0 Å². The molecule has 0 aromatic heterocycles. The molecule has 0 amide bonds. The first-order valence-corrected chi connectivity index (χ1v) is 8.77. The standard InChI is InChI=1S/C19H29NO/c1-15(8-9-16-10-12-18(21)13-11-16)20-14-4-7-19(20)17-5-2-3-6-17/h10-13,15,17,19,21H,2-9,14H2,1H3. The van der Waals surface area contributed by atoms with E-state index in [4.69, 9.17) is 0 Å². The van der Waals surface area contributed by atoms with E-state index in [2.05, 4.69) is 24.0 Å². The third-order valence-corrected chi connectivity index (χ3v) is 5.64. The number of benzene rings is 1. The molecular formula is C19H29NO. The van der Waals surface area contributed by atoms with E-state index in [0.717, 1.165) is 18.4 Å². The summed E-state index contributed by atoms with van der Waals surface area (Å²) in [5, 5.41) is 9.35. The van der Waals surface area contributed by atoms with Crippen LogP contribution in [0.1, 0.15) is 57.4 Å². The molecule has 1 aliphatic carbocycles. The van der Waals surface area contributed by atoms with Gasteiger partial charge in [0.15, 0.2) is 0 Å². The summed E-state index contributed by atoms with van der Waals surface area (Å²) in [5.74, 6) is 1.34. The van der Waals surface area contributed by atoms with Crippen molar-refractivity contribution in [2.75, 3.05) is 6.54 Å². The largest absolute Gasteiger partial charge is 0.508 e. The van der Waals surface area contributed by atoms with Crippen molar-refractivity contribution in [2.24, 2.45) is 5.92 Å². The molecule has 2 unspecified atom stereocenters. The zero-order chi connectivity index (χ0) is 14.7. The maximum atomic E-state index is 9.35. The molecule has 2 aliphatic rings. The fraction of sp³-hybridized carbons (Fsp3) is 0.684. The highest BCUT2D eigenvalue weighted by molar-refractivity contribution is 5.25. The fourth-order valence-electron chi connectivity index (χ4n) is 4.41. The minimum atomic E-state index is 0.368. The Morgan fingerprint density at radius 2 is 1.81 bits per heavy atom. The molecule has 0 radical (unpaired) electrons. The SMILES string of the molecule is CC(CCc1ccc(O)cc1)N1CCCC1C1CCCC1. The monoisotopic (exact) mass is 287 g/mol. The maximum absolute atomic E-state index is 9.35. The molecule has 116 valence electrons. The van der Waals surface area contributed by atoms with Crippen LogP contribution < -0.4 is 0 Å². The van der Waals surface area contributed by atoms with Crippen molar-refractivity contribution in [3.05, 3.63) is 29.8 Å². The summed E-state index contributed by atoms with van der Waals surface area (Å²) < 4.78 is 0. The summed E-state index contributed by atoms with van der Waals surface area (Å²) in [7, 11) is 0. The van der Waals surface area contributed by atoms with Crippen LogP contribution in [0, 0.1) is 5.92 Å². The van der Waals surface area contributed by atoms with E-state index in [9.17, 15) is 5.11 Å². The second kappa shape index (κ2) is 6.83. The van der Waals surface area contributed by atoms with Crippen molar-refractivity contribution in [3.63, 3.8) is 0 Å². The van der Waals surface area contributed by atoms with Crippen LogP contribution in [0.3, 0.4) is 0 Å². The van der Waals surface area contributed by atoms with Crippen LogP contribution in [-0.4, -0.2) is 28.6 Å². The molecule has 1 aromatic rings. The average molecular weight is 287 g/mol. The fourth-order valence-corrected chi connectivity index (χ4v) is 4.41. The van der Waals surface area contributed by atoms with Gasteiger partial charge in [0.1, 0.15) is 5.75 Å². The van der Waals surface area contributed by atoms with Gasteiger partial charge in [-0.15, -0.1) is 0 Å². The van der Waals surface area contributed by atoms with Crippen molar-refractivity contribution in [1.29, 1.82) is 0 Å². The van der Waals surface area contributed by atoms with Crippen LogP contribution in [0.2, 0.25) is 0 Å². The first kappa shape index (κ1) is 14.9. The van der Waals surface area contributed by atoms with Gasteiger partial charge in [-0.1, -0.05) is 25.0 Å². The molecule has 2 fully saturated rings. The lowest BCUT2D eigenvalue weighted by molar-refractivity contribution is 0.138. The van der Waals surface area contributed by atoms with Crippen molar-refractivity contribution >= 4 is 0 Å². The summed E-state index contributed by atoms with van der Waals surface area (Å²) in [4.78, 5) is 2.80. The van der Waals surface area contributed by atoms with E-state index >= 15 is 0 Å². The Kier molecular flexibility index (Phi) is 4.84. The lowest BCUT2D eigenvalue weighted by Gasteiger charge is -2.34. The molecular weight excluding hydrogens is 258 g/mol. The zero-order valence-corrected chi connectivity index (χ0v) is 13.3. The van der Waals surface area contributed by atoms with Gasteiger partial charge in [0.05, 0.1) is 0 Å². The van der Waals surface area contributed by atoms with Gasteiger partial charge in [-0.3, -0.25) is 4.90 Å². The molecule has 2 nitrogen and oxygen atoms in total. The predicted octanol–water partition coefficient (Wildman–Crippen LogP) is 4.37. The van der Waals surface area contributed by atoms with E-state index < -0.39 is 0 Å². The van der Waals surface area contributed by atoms with Crippen molar-refractivity contribution < 1.29 is 5.11 Å². The van der Waals surface area contributed by atoms with Gasteiger partial charge in [0, 0.05) is 12.1 Å². The molecule has 0 bridgehead atoms. The van der Waals surface area contributed by atoms with E-state index in [1.165, 1.54) is 57.1 Å². The number of aryl methyl sites for hydroxylation is 1. The summed E-state index contributed by atoms with van der Waals surface area (Å²) in [6.45, 7) is 3.71. The second-order valence-electron chi connectivity index (χ2n) is 7.05. The molecule has 1 saturated carbocycles. The first-order chi connectivity index (χ1) is 10.2. The molecule has 2 atom stereocenters. The second-order valence-corrected chi connectivity index (χ2v) is 7.05. The molecule has 1 aliphatic heterocycles. The number of phenolic OH excluding ortho intramolecular Hbond substituents is 1. The molecule has 0 spiro atoms. The predicted molar refractivity (Wildman–Crippen MR) is 87.6 cm³/mol. The number of nitrogens with zero attached hydrogens (tertiary/aromatic N) is 1.